The molecule has 0 aliphatic rings. The van der Waals surface area contributed by atoms with Gasteiger partial charge in [0.1, 0.15) is 0 Å². The summed E-state index contributed by atoms with van der Waals surface area (Å²) in [5, 5.41) is 21.1. The predicted molar refractivity (Wildman–Crippen MR) is 64.8 cm³/mol. The van der Waals surface area contributed by atoms with E-state index < -0.39 is 16.8 Å². The van der Waals surface area contributed by atoms with E-state index in [0.717, 1.165) is 0 Å². The molecular formula is C10H11N2NaO5. The number of nitro benzene ring substituents is 1. The second kappa shape index (κ2) is 7.80. The summed E-state index contributed by atoms with van der Waals surface area (Å²) in [4.78, 5) is 31.4. The van der Waals surface area contributed by atoms with Gasteiger partial charge in [-0.2, -0.15) is 0 Å². The van der Waals surface area contributed by atoms with Crippen LogP contribution in [0.4, 0.5) is 5.69 Å². The van der Waals surface area contributed by atoms with Crippen LogP contribution in [0, 0.1) is 10.1 Å². The standard InChI is InChI=1S/C10H10N2O5.Na.H/c13-9(14)5-6-11-10(15)7-1-3-8(4-2-7)12(16)17;;/h1-4H,5-6H2,(H,11,15)(H,13,14);;. The van der Waals surface area contributed by atoms with Crippen LogP contribution in [0.15, 0.2) is 24.3 Å². The zero-order chi connectivity index (χ0) is 12.8. The fourth-order valence-corrected chi connectivity index (χ4v) is 1.12. The molecule has 0 aliphatic carbocycles. The summed E-state index contributed by atoms with van der Waals surface area (Å²) < 4.78 is 0. The quantitative estimate of drug-likeness (QED) is 0.446. The van der Waals surface area contributed by atoms with Gasteiger partial charge in [-0.1, -0.05) is 0 Å². The van der Waals surface area contributed by atoms with Crippen molar-refractivity contribution in [3.05, 3.63) is 39.9 Å². The molecule has 0 saturated carbocycles. The van der Waals surface area contributed by atoms with Crippen LogP contribution in [0.3, 0.4) is 0 Å². The van der Waals surface area contributed by atoms with Gasteiger partial charge in [0.15, 0.2) is 0 Å². The number of aliphatic carboxylic acids is 1. The molecule has 92 valence electrons. The molecule has 18 heavy (non-hydrogen) atoms. The number of nitrogens with one attached hydrogen (secondary N) is 1. The van der Waals surface area contributed by atoms with E-state index in [1.807, 2.05) is 0 Å². The van der Waals surface area contributed by atoms with Crippen molar-refractivity contribution in [1.29, 1.82) is 0 Å². The molecule has 8 heteroatoms. The third kappa shape index (κ3) is 5.26. The Kier molecular flexibility index (Phi) is 7.18. The van der Waals surface area contributed by atoms with Gasteiger partial charge in [-0.3, -0.25) is 19.7 Å². The van der Waals surface area contributed by atoms with Gasteiger partial charge in [0.25, 0.3) is 11.6 Å². The van der Waals surface area contributed by atoms with Crippen molar-refractivity contribution in [2.24, 2.45) is 0 Å². The van der Waals surface area contributed by atoms with Crippen LogP contribution in [0.5, 0.6) is 0 Å². The van der Waals surface area contributed by atoms with Crippen LogP contribution < -0.4 is 5.32 Å². The average Bonchev–Trinajstić information content (AvgIpc) is 2.28. The van der Waals surface area contributed by atoms with Crippen LogP contribution in [0.2, 0.25) is 0 Å². The van der Waals surface area contributed by atoms with Crippen LogP contribution in [-0.2, 0) is 4.79 Å². The minimum atomic E-state index is -1.01. The number of non-ortho nitro benzene ring substituents is 1. The first-order valence-corrected chi connectivity index (χ1v) is 4.75. The summed E-state index contributed by atoms with van der Waals surface area (Å²) in [6.07, 6.45) is -0.168. The molecule has 2 N–H and O–H groups in total. The number of nitro groups is 1. The van der Waals surface area contributed by atoms with Crippen LogP contribution in [0.1, 0.15) is 16.8 Å². The third-order valence-corrected chi connectivity index (χ3v) is 1.96. The number of rotatable bonds is 5. The van der Waals surface area contributed by atoms with Crippen molar-refractivity contribution in [1.82, 2.24) is 5.32 Å². The van der Waals surface area contributed by atoms with Crippen molar-refractivity contribution < 1.29 is 19.6 Å². The maximum absolute atomic E-state index is 11.4. The Hall–Kier alpha value is -1.44. The van der Waals surface area contributed by atoms with E-state index in [1.165, 1.54) is 24.3 Å². The Morgan fingerprint density at radius 3 is 2.28 bits per heavy atom. The molecule has 0 bridgehead atoms. The average molecular weight is 262 g/mol. The first-order chi connectivity index (χ1) is 8.00. The third-order valence-electron chi connectivity index (χ3n) is 1.96. The minimum absolute atomic E-state index is 0. The van der Waals surface area contributed by atoms with Crippen molar-refractivity contribution in [3.8, 4) is 0 Å². The maximum atomic E-state index is 11.4. The number of nitrogens with zero attached hydrogens (tertiary/aromatic N) is 1. The number of hydrogen-bond donors (Lipinski definition) is 2. The molecule has 0 aromatic heterocycles. The number of carboxylic acids is 1. The molecule has 0 unspecified atom stereocenters. The Labute approximate surface area is 125 Å². The van der Waals surface area contributed by atoms with Crippen molar-refractivity contribution in [3.63, 3.8) is 0 Å². The first kappa shape index (κ1) is 16.6. The van der Waals surface area contributed by atoms with Gasteiger partial charge >= 0.3 is 35.5 Å². The SMILES string of the molecule is O=C(O)CCNC(=O)c1ccc([N+](=O)[O-])cc1.[NaH]. The summed E-state index contributed by atoms with van der Waals surface area (Å²) in [7, 11) is 0. The summed E-state index contributed by atoms with van der Waals surface area (Å²) in [6.45, 7) is 0.0190. The van der Waals surface area contributed by atoms with Gasteiger partial charge in [-0.15, -0.1) is 0 Å². The second-order valence-corrected chi connectivity index (χ2v) is 3.20. The van der Waals surface area contributed by atoms with Gasteiger partial charge in [0.05, 0.1) is 11.3 Å². The Balaban J connectivity index is 0.00000289. The van der Waals surface area contributed by atoms with E-state index in [4.69, 9.17) is 5.11 Å². The Morgan fingerprint density at radius 2 is 1.83 bits per heavy atom. The number of carboxylic acid groups (broad SMARTS) is 1. The molecule has 1 aromatic carbocycles. The number of carbonyl (C=O) groups excluding carboxylic acids is 1. The summed E-state index contributed by atoms with van der Waals surface area (Å²) in [5.41, 5.74) is 0.146. The van der Waals surface area contributed by atoms with E-state index in [2.05, 4.69) is 5.32 Å². The zero-order valence-electron chi connectivity index (χ0n) is 8.75. The molecule has 0 saturated heterocycles. The molecular weight excluding hydrogens is 251 g/mol. The zero-order valence-corrected chi connectivity index (χ0v) is 8.75. The first-order valence-electron chi connectivity index (χ1n) is 4.75. The summed E-state index contributed by atoms with van der Waals surface area (Å²) in [5.74, 6) is -1.46. The fourth-order valence-electron chi connectivity index (χ4n) is 1.12. The molecule has 0 heterocycles. The van der Waals surface area contributed by atoms with Gasteiger partial charge in [-0.25, -0.2) is 0 Å². The van der Waals surface area contributed by atoms with Gasteiger partial charge < -0.3 is 10.4 Å². The molecule has 0 fully saturated rings. The van der Waals surface area contributed by atoms with Gasteiger partial charge in [-0.05, 0) is 12.1 Å². The summed E-state index contributed by atoms with van der Waals surface area (Å²) in [6, 6.07) is 5.06. The molecule has 0 spiro atoms. The Bertz CT molecular complexity index is 446. The molecule has 1 rings (SSSR count). The van der Waals surface area contributed by atoms with E-state index in [1.54, 1.807) is 0 Å². The van der Waals surface area contributed by atoms with Crippen LogP contribution >= 0.6 is 0 Å². The van der Waals surface area contributed by atoms with Crippen molar-refractivity contribution in [2.45, 2.75) is 6.42 Å². The molecule has 0 aliphatic heterocycles. The topological polar surface area (TPSA) is 110 Å². The number of carbonyl (C=O) groups is 2. The summed E-state index contributed by atoms with van der Waals surface area (Å²) >= 11 is 0. The molecule has 1 amide bonds. The van der Waals surface area contributed by atoms with E-state index in [-0.39, 0.29) is 53.8 Å². The Morgan fingerprint density at radius 1 is 1.28 bits per heavy atom. The fraction of sp³-hybridized carbons (Fsp3) is 0.200. The van der Waals surface area contributed by atoms with Gasteiger partial charge in [0, 0.05) is 24.2 Å². The molecule has 0 atom stereocenters. The van der Waals surface area contributed by atoms with Crippen molar-refractivity contribution in [2.75, 3.05) is 6.54 Å². The molecule has 7 nitrogen and oxygen atoms in total. The van der Waals surface area contributed by atoms with E-state index in [0.29, 0.717) is 0 Å². The number of amides is 1. The second-order valence-electron chi connectivity index (χ2n) is 3.20. The normalized spacial score (nSPS) is 9.11. The monoisotopic (exact) mass is 262 g/mol. The van der Waals surface area contributed by atoms with Crippen LogP contribution in [-0.4, -0.2) is 58.0 Å². The predicted octanol–water partition coefficient (Wildman–Crippen LogP) is 0.151. The van der Waals surface area contributed by atoms with Gasteiger partial charge in [0.2, 0.25) is 0 Å². The van der Waals surface area contributed by atoms with Crippen LogP contribution in [0.25, 0.3) is 0 Å². The molecule has 1 aromatic rings. The number of benzene rings is 1. The molecule has 0 radical (unpaired) electrons. The number of hydrogen-bond acceptors (Lipinski definition) is 4. The van der Waals surface area contributed by atoms with E-state index >= 15 is 0 Å². The van der Waals surface area contributed by atoms with E-state index in [9.17, 15) is 19.7 Å². The van der Waals surface area contributed by atoms with Crippen molar-refractivity contribution >= 4 is 47.1 Å².